The Morgan fingerprint density at radius 2 is 1.94 bits per heavy atom. The van der Waals surface area contributed by atoms with E-state index in [-0.39, 0.29) is 22.9 Å². The van der Waals surface area contributed by atoms with E-state index in [9.17, 15) is 8.78 Å². The molecular weight excluding hydrogens is 325 g/mol. The highest BCUT2D eigenvalue weighted by Gasteiger charge is 2.09. The van der Waals surface area contributed by atoms with Crippen LogP contribution in [0.1, 0.15) is 5.56 Å². The predicted octanol–water partition coefficient (Wildman–Crippen LogP) is 4.96. The normalized spacial score (nSPS) is 10.4. The van der Waals surface area contributed by atoms with Crippen LogP contribution in [0.4, 0.5) is 8.78 Å². The van der Waals surface area contributed by atoms with Crippen molar-refractivity contribution in [3.63, 3.8) is 0 Å². The Morgan fingerprint density at radius 3 is 2.72 bits per heavy atom. The molecular formula is C13H8BrClF2O. The van der Waals surface area contributed by atoms with E-state index in [1.54, 1.807) is 12.1 Å². The van der Waals surface area contributed by atoms with E-state index in [2.05, 4.69) is 15.9 Å². The van der Waals surface area contributed by atoms with Crippen molar-refractivity contribution < 1.29 is 13.5 Å². The fraction of sp³-hybridized carbons (Fsp3) is 0.0769. The first-order valence-electron chi connectivity index (χ1n) is 5.08. The summed E-state index contributed by atoms with van der Waals surface area (Å²) in [4.78, 5) is 0. The summed E-state index contributed by atoms with van der Waals surface area (Å²) in [7, 11) is 0. The summed E-state index contributed by atoms with van der Waals surface area (Å²) in [5, 5.41) is 0.0193. The van der Waals surface area contributed by atoms with Crippen molar-refractivity contribution in [3.05, 3.63) is 63.1 Å². The fourth-order valence-electron chi connectivity index (χ4n) is 1.40. The molecule has 0 aliphatic carbocycles. The first-order valence-corrected chi connectivity index (χ1v) is 6.26. The van der Waals surface area contributed by atoms with Gasteiger partial charge < -0.3 is 4.74 Å². The zero-order valence-corrected chi connectivity index (χ0v) is 11.4. The average Bonchev–Trinajstić information content (AvgIpc) is 2.35. The van der Waals surface area contributed by atoms with Gasteiger partial charge in [0, 0.05) is 10.0 Å². The third kappa shape index (κ3) is 3.00. The molecule has 0 bridgehead atoms. The molecule has 18 heavy (non-hydrogen) atoms. The highest BCUT2D eigenvalue weighted by atomic mass is 79.9. The molecule has 94 valence electrons. The van der Waals surface area contributed by atoms with Gasteiger partial charge in [0.25, 0.3) is 0 Å². The minimum absolute atomic E-state index is 0.0193. The van der Waals surface area contributed by atoms with E-state index in [1.807, 2.05) is 0 Å². The predicted molar refractivity (Wildman–Crippen MR) is 69.8 cm³/mol. The third-order valence-corrected chi connectivity index (χ3v) is 3.09. The standard InChI is InChI=1S/C13H8BrClF2O/c14-9-4-5-11(16)12(6-9)18-7-8-2-1-3-10(15)13(8)17/h1-6H,7H2. The summed E-state index contributed by atoms with van der Waals surface area (Å²) >= 11 is 8.85. The number of benzene rings is 2. The molecule has 0 heterocycles. The van der Waals surface area contributed by atoms with Crippen LogP contribution in [0.5, 0.6) is 5.75 Å². The smallest absolute Gasteiger partial charge is 0.165 e. The Balaban J connectivity index is 2.16. The van der Waals surface area contributed by atoms with Gasteiger partial charge in [-0.25, -0.2) is 8.78 Å². The summed E-state index contributed by atoms with van der Waals surface area (Å²) in [6.07, 6.45) is 0. The minimum atomic E-state index is -0.547. The van der Waals surface area contributed by atoms with Gasteiger partial charge in [-0.3, -0.25) is 0 Å². The number of halogens is 4. The highest BCUT2D eigenvalue weighted by molar-refractivity contribution is 9.10. The summed E-state index contributed by atoms with van der Waals surface area (Å²) in [5.74, 6) is -0.987. The molecule has 0 aliphatic heterocycles. The number of ether oxygens (including phenoxy) is 1. The summed E-state index contributed by atoms with van der Waals surface area (Å²) < 4.78 is 32.9. The maximum atomic E-state index is 13.6. The van der Waals surface area contributed by atoms with E-state index in [1.165, 1.54) is 24.3 Å². The van der Waals surface area contributed by atoms with Gasteiger partial charge in [0.1, 0.15) is 12.4 Å². The minimum Gasteiger partial charge on any atom is -0.486 e. The summed E-state index contributed by atoms with van der Waals surface area (Å²) in [6.45, 7) is -0.0836. The van der Waals surface area contributed by atoms with Crippen LogP contribution in [0.3, 0.4) is 0 Å². The first-order chi connectivity index (χ1) is 8.58. The molecule has 0 atom stereocenters. The Labute approximate surface area is 116 Å². The van der Waals surface area contributed by atoms with Gasteiger partial charge >= 0.3 is 0 Å². The van der Waals surface area contributed by atoms with E-state index >= 15 is 0 Å². The van der Waals surface area contributed by atoms with Crippen molar-refractivity contribution in [2.75, 3.05) is 0 Å². The van der Waals surface area contributed by atoms with Gasteiger partial charge in [0.2, 0.25) is 0 Å². The summed E-state index contributed by atoms with van der Waals surface area (Å²) in [5.41, 5.74) is 0.280. The van der Waals surface area contributed by atoms with Crippen LogP contribution in [-0.4, -0.2) is 0 Å². The maximum absolute atomic E-state index is 13.6. The lowest BCUT2D eigenvalue weighted by molar-refractivity contribution is 0.284. The topological polar surface area (TPSA) is 9.23 Å². The highest BCUT2D eigenvalue weighted by Crippen LogP contribution is 2.24. The van der Waals surface area contributed by atoms with Crippen molar-refractivity contribution in [2.24, 2.45) is 0 Å². The van der Waals surface area contributed by atoms with E-state index in [0.717, 1.165) is 0 Å². The number of hydrogen-bond acceptors (Lipinski definition) is 1. The zero-order chi connectivity index (χ0) is 13.1. The molecule has 5 heteroatoms. The van der Waals surface area contributed by atoms with Crippen LogP contribution in [0.15, 0.2) is 40.9 Å². The van der Waals surface area contributed by atoms with E-state index in [0.29, 0.717) is 4.47 Å². The Bertz CT molecular complexity index is 573. The lowest BCUT2D eigenvalue weighted by Crippen LogP contribution is -2.00. The molecule has 0 saturated heterocycles. The zero-order valence-electron chi connectivity index (χ0n) is 9.09. The molecule has 0 radical (unpaired) electrons. The second-order valence-electron chi connectivity index (χ2n) is 3.58. The van der Waals surface area contributed by atoms with Gasteiger partial charge in [0.05, 0.1) is 5.02 Å². The lowest BCUT2D eigenvalue weighted by atomic mass is 10.2. The van der Waals surface area contributed by atoms with Crippen LogP contribution in [-0.2, 0) is 6.61 Å². The average molecular weight is 334 g/mol. The van der Waals surface area contributed by atoms with Crippen molar-refractivity contribution >= 4 is 27.5 Å². The third-order valence-electron chi connectivity index (χ3n) is 2.31. The Hall–Kier alpha value is -1.13. The quantitative estimate of drug-likeness (QED) is 0.771. The number of hydrogen-bond donors (Lipinski definition) is 0. The van der Waals surface area contributed by atoms with E-state index in [4.69, 9.17) is 16.3 Å². The molecule has 2 rings (SSSR count). The van der Waals surface area contributed by atoms with Crippen LogP contribution in [0, 0.1) is 11.6 Å². The lowest BCUT2D eigenvalue weighted by Gasteiger charge is -2.09. The van der Waals surface area contributed by atoms with Crippen molar-refractivity contribution in [1.82, 2.24) is 0 Å². The van der Waals surface area contributed by atoms with Crippen LogP contribution in [0.25, 0.3) is 0 Å². The van der Waals surface area contributed by atoms with Gasteiger partial charge in [-0.1, -0.05) is 39.7 Å². The van der Waals surface area contributed by atoms with Crippen molar-refractivity contribution in [1.29, 1.82) is 0 Å². The largest absolute Gasteiger partial charge is 0.486 e. The Kier molecular flexibility index (Phi) is 4.19. The fourth-order valence-corrected chi connectivity index (χ4v) is 1.94. The second-order valence-corrected chi connectivity index (χ2v) is 4.90. The molecule has 0 aliphatic rings. The first kappa shape index (κ1) is 13.3. The SMILES string of the molecule is Fc1ccc(Br)cc1OCc1cccc(Cl)c1F. The molecule has 0 N–H and O–H groups in total. The molecule has 1 nitrogen and oxygen atoms in total. The molecule has 0 saturated carbocycles. The Morgan fingerprint density at radius 1 is 1.17 bits per heavy atom. The molecule has 2 aromatic carbocycles. The van der Waals surface area contributed by atoms with E-state index < -0.39 is 11.6 Å². The van der Waals surface area contributed by atoms with Crippen LogP contribution >= 0.6 is 27.5 Å². The molecule has 2 aromatic rings. The maximum Gasteiger partial charge on any atom is 0.165 e. The van der Waals surface area contributed by atoms with Gasteiger partial charge in [-0.2, -0.15) is 0 Å². The molecule has 0 spiro atoms. The molecule has 0 amide bonds. The molecule has 0 unspecified atom stereocenters. The van der Waals surface area contributed by atoms with Crippen LogP contribution in [0.2, 0.25) is 5.02 Å². The van der Waals surface area contributed by atoms with Gasteiger partial charge in [-0.15, -0.1) is 0 Å². The number of rotatable bonds is 3. The second kappa shape index (κ2) is 5.67. The molecule has 0 fully saturated rings. The molecule has 0 aromatic heterocycles. The summed E-state index contributed by atoms with van der Waals surface area (Å²) in [6, 6.07) is 8.91. The van der Waals surface area contributed by atoms with Gasteiger partial charge in [0.15, 0.2) is 11.6 Å². The van der Waals surface area contributed by atoms with Crippen molar-refractivity contribution in [3.8, 4) is 5.75 Å². The van der Waals surface area contributed by atoms with Crippen molar-refractivity contribution in [2.45, 2.75) is 6.61 Å². The monoisotopic (exact) mass is 332 g/mol. The van der Waals surface area contributed by atoms with Gasteiger partial charge in [-0.05, 0) is 24.3 Å². The van der Waals surface area contributed by atoms with Crippen LogP contribution < -0.4 is 4.74 Å².